The molecule has 1 heterocycles. The van der Waals surface area contributed by atoms with Crippen LogP contribution in [0, 0.1) is 0 Å². The highest BCUT2D eigenvalue weighted by molar-refractivity contribution is 4.96. The Morgan fingerprint density at radius 3 is 2.43 bits per heavy atom. The van der Waals surface area contributed by atoms with Crippen molar-refractivity contribution in [2.45, 2.75) is 65.1 Å². The molecule has 2 atom stereocenters. The fraction of sp³-hybridized carbons (Fsp3) is 1.00. The highest BCUT2D eigenvalue weighted by Crippen LogP contribution is 2.25. The third-order valence-corrected chi connectivity index (χ3v) is 3.52. The van der Waals surface area contributed by atoms with E-state index in [1.54, 1.807) is 0 Å². The van der Waals surface area contributed by atoms with Gasteiger partial charge in [-0.2, -0.15) is 0 Å². The van der Waals surface area contributed by atoms with Gasteiger partial charge in [0.2, 0.25) is 0 Å². The minimum absolute atomic E-state index is 0.290. The van der Waals surface area contributed by atoms with Gasteiger partial charge in [0, 0.05) is 30.2 Å². The van der Waals surface area contributed by atoms with Crippen molar-refractivity contribution < 1.29 is 0 Å². The van der Waals surface area contributed by atoms with Crippen LogP contribution < -0.4 is 5.32 Å². The summed E-state index contributed by atoms with van der Waals surface area (Å²) in [7, 11) is 0. The van der Waals surface area contributed by atoms with E-state index in [-0.39, 0.29) is 5.54 Å². The summed E-state index contributed by atoms with van der Waals surface area (Å²) in [5.74, 6) is 0. The number of piperazine rings is 1. The van der Waals surface area contributed by atoms with Gasteiger partial charge in [-0.25, -0.2) is 0 Å². The van der Waals surface area contributed by atoms with E-state index in [0.29, 0.717) is 11.6 Å². The molecule has 0 aromatic heterocycles. The standard InChI is InChI=1S/C12H26N2/c1-7-12(6)9-14(11(3,4)5)10(2)8-13-12/h10,13H,7-9H2,1-6H3. The van der Waals surface area contributed by atoms with Gasteiger partial charge in [0.1, 0.15) is 0 Å². The molecule has 0 spiro atoms. The number of hydrogen-bond donors (Lipinski definition) is 1. The van der Waals surface area contributed by atoms with Crippen LogP contribution in [0.5, 0.6) is 0 Å². The molecule has 1 N–H and O–H groups in total. The summed E-state index contributed by atoms with van der Waals surface area (Å²) < 4.78 is 0. The first kappa shape index (κ1) is 12.0. The highest BCUT2D eigenvalue weighted by Gasteiger charge is 2.37. The summed E-state index contributed by atoms with van der Waals surface area (Å²) in [6, 6.07) is 0.648. The molecule has 0 saturated carbocycles. The molecule has 1 aliphatic heterocycles. The quantitative estimate of drug-likeness (QED) is 0.695. The number of nitrogens with zero attached hydrogens (tertiary/aromatic N) is 1. The molecular weight excluding hydrogens is 172 g/mol. The molecular formula is C12H26N2. The van der Waals surface area contributed by atoms with Crippen molar-refractivity contribution in [3.05, 3.63) is 0 Å². The van der Waals surface area contributed by atoms with Crippen LogP contribution in [-0.4, -0.2) is 35.1 Å². The predicted molar refractivity (Wildman–Crippen MR) is 62.6 cm³/mol. The van der Waals surface area contributed by atoms with Crippen LogP contribution in [0.1, 0.15) is 48.0 Å². The molecule has 1 aliphatic rings. The molecule has 0 aliphatic carbocycles. The minimum Gasteiger partial charge on any atom is -0.309 e. The number of nitrogens with one attached hydrogen (secondary N) is 1. The van der Waals surface area contributed by atoms with E-state index in [4.69, 9.17) is 0 Å². The van der Waals surface area contributed by atoms with Gasteiger partial charge in [-0.15, -0.1) is 0 Å². The first-order valence-corrected chi connectivity index (χ1v) is 5.80. The third kappa shape index (κ3) is 2.48. The Balaban J connectivity index is 2.74. The van der Waals surface area contributed by atoms with Crippen LogP contribution in [0.4, 0.5) is 0 Å². The van der Waals surface area contributed by atoms with E-state index >= 15 is 0 Å². The Morgan fingerprint density at radius 1 is 1.43 bits per heavy atom. The summed E-state index contributed by atoms with van der Waals surface area (Å²) in [5, 5.41) is 3.66. The molecule has 14 heavy (non-hydrogen) atoms. The van der Waals surface area contributed by atoms with E-state index in [9.17, 15) is 0 Å². The molecule has 2 unspecified atom stereocenters. The van der Waals surface area contributed by atoms with Crippen LogP contribution >= 0.6 is 0 Å². The van der Waals surface area contributed by atoms with Crippen LogP contribution in [0.15, 0.2) is 0 Å². The van der Waals surface area contributed by atoms with Gasteiger partial charge in [-0.1, -0.05) is 6.92 Å². The van der Waals surface area contributed by atoms with E-state index < -0.39 is 0 Å². The molecule has 0 radical (unpaired) electrons. The second kappa shape index (κ2) is 3.82. The lowest BCUT2D eigenvalue weighted by Crippen LogP contribution is -2.65. The maximum Gasteiger partial charge on any atom is 0.0278 e. The maximum absolute atomic E-state index is 3.66. The van der Waals surface area contributed by atoms with Gasteiger partial charge in [0.25, 0.3) is 0 Å². The van der Waals surface area contributed by atoms with Crippen molar-refractivity contribution in [2.24, 2.45) is 0 Å². The highest BCUT2D eigenvalue weighted by atomic mass is 15.3. The maximum atomic E-state index is 3.66. The molecule has 0 amide bonds. The number of rotatable bonds is 1. The molecule has 84 valence electrons. The van der Waals surface area contributed by atoms with Crippen LogP contribution in [0.3, 0.4) is 0 Å². The SMILES string of the molecule is CCC1(C)CN(C(C)(C)C)C(C)CN1. The Bertz CT molecular complexity index is 195. The smallest absolute Gasteiger partial charge is 0.0278 e. The Kier molecular flexibility index (Phi) is 3.27. The van der Waals surface area contributed by atoms with Gasteiger partial charge in [0.05, 0.1) is 0 Å². The minimum atomic E-state index is 0.290. The Morgan fingerprint density at radius 2 is 2.00 bits per heavy atom. The van der Waals surface area contributed by atoms with Crippen LogP contribution in [0.2, 0.25) is 0 Å². The van der Waals surface area contributed by atoms with E-state index in [0.717, 1.165) is 13.1 Å². The van der Waals surface area contributed by atoms with Gasteiger partial charge < -0.3 is 5.32 Å². The molecule has 1 rings (SSSR count). The van der Waals surface area contributed by atoms with Crippen LogP contribution in [0.25, 0.3) is 0 Å². The van der Waals surface area contributed by atoms with Crippen molar-refractivity contribution in [2.75, 3.05) is 13.1 Å². The zero-order valence-electron chi connectivity index (χ0n) is 10.6. The zero-order chi connectivity index (χ0) is 11.0. The summed E-state index contributed by atoms with van der Waals surface area (Å²) in [6.45, 7) is 16.1. The van der Waals surface area contributed by atoms with E-state index in [1.165, 1.54) is 6.42 Å². The van der Waals surface area contributed by atoms with Crippen LogP contribution in [-0.2, 0) is 0 Å². The number of hydrogen-bond acceptors (Lipinski definition) is 2. The molecule has 0 bridgehead atoms. The summed E-state index contributed by atoms with van der Waals surface area (Å²) >= 11 is 0. The summed E-state index contributed by atoms with van der Waals surface area (Å²) in [5.41, 5.74) is 0.595. The third-order valence-electron chi connectivity index (χ3n) is 3.52. The van der Waals surface area contributed by atoms with Gasteiger partial charge >= 0.3 is 0 Å². The second-order valence-electron chi connectivity index (χ2n) is 5.94. The monoisotopic (exact) mass is 198 g/mol. The van der Waals surface area contributed by atoms with E-state index in [1.807, 2.05) is 0 Å². The largest absolute Gasteiger partial charge is 0.309 e. The molecule has 1 saturated heterocycles. The zero-order valence-corrected chi connectivity index (χ0v) is 10.6. The average molecular weight is 198 g/mol. The molecule has 2 nitrogen and oxygen atoms in total. The van der Waals surface area contributed by atoms with Crippen molar-refractivity contribution in [3.63, 3.8) is 0 Å². The van der Waals surface area contributed by atoms with Crippen molar-refractivity contribution in [1.29, 1.82) is 0 Å². The molecule has 0 aromatic rings. The van der Waals surface area contributed by atoms with Crippen molar-refractivity contribution in [1.82, 2.24) is 10.2 Å². The molecule has 1 fully saturated rings. The first-order valence-electron chi connectivity index (χ1n) is 5.80. The normalized spacial score (nSPS) is 36.0. The van der Waals surface area contributed by atoms with Gasteiger partial charge in [-0.05, 0) is 41.0 Å². The Hall–Kier alpha value is -0.0800. The average Bonchev–Trinajstić information content (AvgIpc) is 2.08. The summed E-state index contributed by atoms with van der Waals surface area (Å²) in [6.07, 6.45) is 1.20. The van der Waals surface area contributed by atoms with Crippen molar-refractivity contribution >= 4 is 0 Å². The lowest BCUT2D eigenvalue weighted by atomic mass is 9.90. The molecule has 2 heteroatoms. The first-order chi connectivity index (χ1) is 6.28. The van der Waals surface area contributed by atoms with E-state index in [2.05, 4.69) is 51.8 Å². The molecule has 0 aromatic carbocycles. The fourth-order valence-corrected chi connectivity index (χ4v) is 2.23. The lowest BCUT2D eigenvalue weighted by molar-refractivity contribution is 0.0198. The fourth-order valence-electron chi connectivity index (χ4n) is 2.23. The van der Waals surface area contributed by atoms with Crippen molar-refractivity contribution in [3.8, 4) is 0 Å². The van der Waals surface area contributed by atoms with Gasteiger partial charge in [0.15, 0.2) is 0 Å². The Labute approximate surface area is 89.1 Å². The second-order valence-corrected chi connectivity index (χ2v) is 5.94. The topological polar surface area (TPSA) is 15.3 Å². The predicted octanol–water partition coefficient (Wildman–Crippen LogP) is 2.25. The van der Waals surface area contributed by atoms with Gasteiger partial charge in [-0.3, -0.25) is 4.90 Å². The lowest BCUT2D eigenvalue weighted by Gasteiger charge is -2.50. The summed E-state index contributed by atoms with van der Waals surface area (Å²) in [4.78, 5) is 2.62.